The minimum atomic E-state index is -0.932. The predicted molar refractivity (Wildman–Crippen MR) is 160 cm³/mol. The summed E-state index contributed by atoms with van der Waals surface area (Å²) in [7, 11) is 0. The molecule has 3 aromatic rings. The highest BCUT2D eigenvalue weighted by Crippen LogP contribution is 2.22. The Morgan fingerprint density at radius 3 is 2.29 bits per heavy atom. The zero-order chi connectivity index (χ0) is 30.4. The summed E-state index contributed by atoms with van der Waals surface area (Å²) in [6.07, 6.45) is 0.406. The van der Waals surface area contributed by atoms with Crippen molar-refractivity contribution < 1.29 is 28.6 Å². The first-order chi connectivity index (χ1) is 19.9. The molecule has 2 N–H and O–H groups in total. The number of ether oxygens (including phenoxy) is 1. The molecule has 1 fully saturated rings. The van der Waals surface area contributed by atoms with Gasteiger partial charge < -0.3 is 20.1 Å². The molecule has 9 heteroatoms. The van der Waals surface area contributed by atoms with Crippen molar-refractivity contribution in [2.75, 3.05) is 19.6 Å². The Morgan fingerprint density at radius 1 is 0.976 bits per heavy atom. The van der Waals surface area contributed by atoms with E-state index in [1.807, 2.05) is 54.3 Å². The quantitative estimate of drug-likeness (QED) is 0.370. The number of benzene rings is 3. The van der Waals surface area contributed by atoms with Crippen LogP contribution in [0.15, 0.2) is 66.7 Å². The molecule has 1 aliphatic rings. The molecule has 224 valence electrons. The van der Waals surface area contributed by atoms with Crippen LogP contribution in [0, 0.1) is 5.82 Å². The number of carboxylic acid groups (broad SMARTS) is 1. The van der Waals surface area contributed by atoms with Crippen molar-refractivity contribution in [3.63, 3.8) is 0 Å². The Morgan fingerprint density at radius 2 is 1.64 bits per heavy atom. The largest absolute Gasteiger partial charge is 0.480 e. The van der Waals surface area contributed by atoms with E-state index in [1.54, 1.807) is 37.8 Å². The van der Waals surface area contributed by atoms with Crippen LogP contribution in [-0.2, 0) is 27.2 Å². The number of nitrogens with one attached hydrogen (secondary N) is 1. The Bertz CT molecular complexity index is 1400. The molecule has 1 aliphatic heterocycles. The van der Waals surface area contributed by atoms with Crippen molar-refractivity contribution in [1.82, 2.24) is 15.1 Å². The van der Waals surface area contributed by atoms with Gasteiger partial charge in [-0.2, -0.15) is 0 Å². The topological polar surface area (TPSA) is 99.2 Å². The molecule has 2 amide bonds. The van der Waals surface area contributed by atoms with Crippen LogP contribution in [0.25, 0.3) is 10.8 Å². The first-order valence-corrected chi connectivity index (χ1v) is 14.4. The maximum absolute atomic E-state index is 13.9. The normalized spacial score (nSPS) is 17.5. The van der Waals surface area contributed by atoms with Crippen LogP contribution in [0.2, 0.25) is 0 Å². The molecule has 0 bridgehead atoms. The van der Waals surface area contributed by atoms with Gasteiger partial charge in [0.25, 0.3) is 0 Å². The summed E-state index contributed by atoms with van der Waals surface area (Å²) < 4.78 is 18.9. The highest BCUT2D eigenvalue weighted by atomic mass is 19.1. The third-order valence-electron chi connectivity index (χ3n) is 7.58. The van der Waals surface area contributed by atoms with Gasteiger partial charge in [-0.1, -0.05) is 61.5 Å². The molecule has 0 aromatic heterocycles. The summed E-state index contributed by atoms with van der Waals surface area (Å²) in [4.78, 5) is 42.7. The van der Waals surface area contributed by atoms with Gasteiger partial charge in [0.2, 0.25) is 5.91 Å². The molecule has 3 unspecified atom stereocenters. The zero-order valence-corrected chi connectivity index (χ0v) is 24.7. The van der Waals surface area contributed by atoms with E-state index in [0.717, 1.165) is 16.3 Å². The van der Waals surface area contributed by atoms with Gasteiger partial charge in [0, 0.05) is 32.1 Å². The summed E-state index contributed by atoms with van der Waals surface area (Å²) in [5.74, 6) is -1.57. The first-order valence-electron chi connectivity index (χ1n) is 14.4. The minimum absolute atomic E-state index is 0.161. The number of hydrogen-bond donors (Lipinski definition) is 2. The Balaban J connectivity index is 1.50. The van der Waals surface area contributed by atoms with Gasteiger partial charge in [-0.15, -0.1) is 0 Å². The van der Waals surface area contributed by atoms with E-state index in [2.05, 4.69) is 5.32 Å². The lowest BCUT2D eigenvalue weighted by atomic mass is 9.98. The van der Waals surface area contributed by atoms with E-state index < -0.39 is 29.7 Å². The molecule has 0 saturated carbocycles. The number of hydrogen-bond acceptors (Lipinski definition) is 5. The highest BCUT2D eigenvalue weighted by Gasteiger charge is 2.38. The van der Waals surface area contributed by atoms with Crippen LogP contribution in [0.3, 0.4) is 0 Å². The third kappa shape index (κ3) is 8.06. The van der Waals surface area contributed by atoms with E-state index in [1.165, 1.54) is 12.1 Å². The number of piperazine rings is 1. The van der Waals surface area contributed by atoms with Crippen molar-refractivity contribution in [3.05, 3.63) is 83.7 Å². The lowest BCUT2D eigenvalue weighted by molar-refractivity contribution is -0.146. The number of aliphatic carboxylic acids is 1. The maximum Gasteiger partial charge on any atom is 0.408 e. The highest BCUT2D eigenvalue weighted by molar-refractivity contribution is 5.86. The van der Waals surface area contributed by atoms with Crippen molar-refractivity contribution in [2.24, 2.45) is 0 Å². The number of fused-ring (bicyclic) bond motifs is 1. The van der Waals surface area contributed by atoms with Gasteiger partial charge in [-0.25, -0.2) is 9.18 Å². The molecule has 0 radical (unpaired) electrons. The summed E-state index contributed by atoms with van der Waals surface area (Å²) in [6, 6.07) is 17.9. The van der Waals surface area contributed by atoms with Crippen molar-refractivity contribution in [2.45, 2.75) is 70.7 Å². The fraction of sp³-hybridized carbons (Fsp3) is 0.424. The molecule has 0 spiro atoms. The Labute approximate surface area is 246 Å². The Hall–Kier alpha value is -3.98. The molecule has 3 atom stereocenters. The Kier molecular flexibility index (Phi) is 9.83. The second-order valence-electron chi connectivity index (χ2n) is 11.9. The predicted octanol–water partition coefficient (Wildman–Crippen LogP) is 5.03. The average molecular weight is 578 g/mol. The van der Waals surface area contributed by atoms with Crippen molar-refractivity contribution in [3.8, 4) is 0 Å². The fourth-order valence-corrected chi connectivity index (χ4v) is 5.47. The number of carboxylic acids is 1. The van der Waals surface area contributed by atoms with E-state index >= 15 is 0 Å². The monoisotopic (exact) mass is 577 g/mol. The van der Waals surface area contributed by atoms with Crippen molar-refractivity contribution in [1.29, 1.82) is 0 Å². The van der Waals surface area contributed by atoms with Gasteiger partial charge in [0.15, 0.2) is 0 Å². The molecular formula is C33H40FN3O5. The molecule has 1 heterocycles. The molecular weight excluding hydrogens is 537 g/mol. The lowest BCUT2D eigenvalue weighted by Gasteiger charge is -2.44. The van der Waals surface area contributed by atoms with Gasteiger partial charge in [-0.3, -0.25) is 14.5 Å². The fourth-order valence-electron chi connectivity index (χ4n) is 5.47. The summed E-state index contributed by atoms with van der Waals surface area (Å²) in [5, 5.41) is 15.1. The smallest absolute Gasteiger partial charge is 0.408 e. The van der Waals surface area contributed by atoms with E-state index in [9.17, 15) is 23.9 Å². The van der Waals surface area contributed by atoms with E-state index in [-0.39, 0.29) is 24.2 Å². The summed E-state index contributed by atoms with van der Waals surface area (Å²) >= 11 is 0. The number of nitrogens with zero attached hydrogens (tertiary/aromatic N) is 2. The molecule has 3 aromatic carbocycles. The van der Waals surface area contributed by atoms with Gasteiger partial charge in [0.05, 0.1) is 0 Å². The third-order valence-corrected chi connectivity index (χ3v) is 7.58. The SMILES string of the molecule is CCC1CN(C(Cc2ccc3ccccc3c2)C(=O)O)CCN1C(=O)C(Cc1ccc(F)cc1)NC(=O)OC(C)(C)C. The number of halogens is 1. The van der Waals surface area contributed by atoms with Crippen molar-refractivity contribution >= 4 is 28.7 Å². The molecule has 42 heavy (non-hydrogen) atoms. The molecule has 1 saturated heterocycles. The second-order valence-corrected chi connectivity index (χ2v) is 11.9. The minimum Gasteiger partial charge on any atom is -0.480 e. The van der Waals surface area contributed by atoms with Crippen LogP contribution < -0.4 is 5.32 Å². The standard InChI is InChI=1S/C33H40FN3O5/c1-5-27-21-36(29(31(39)40)20-23-10-13-24-8-6-7-9-25(24)18-23)16-17-37(27)30(38)28(35-32(41)42-33(2,3)4)19-22-11-14-26(34)15-12-22/h6-15,18,27-29H,5,16-17,19-21H2,1-4H3,(H,35,41)(H,39,40). The summed E-state index contributed by atoms with van der Waals surface area (Å²) in [6.45, 7) is 8.27. The lowest BCUT2D eigenvalue weighted by Crippen LogP contribution is -2.62. The second kappa shape index (κ2) is 13.3. The maximum atomic E-state index is 13.9. The van der Waals surface area contributed by atoms with Crippen LogP contribution >= 0.6 is 0 Å². The van der Waals surface area contributed by atoms with E-state index in [0.29, 0.717) is 38.0 Å². The molecule has 0 aliphatic carbocycles. The van der Waals surface area contributed by atoms with E-state index in [4.69, 9.17) is 4.74 Å². The van der Waals surface area contributed by atoms with Gasteiger partial charge in [-0.05, 0) is 67.6 Å². The van der Waals surface area contributed by atoms with Crippen LogP contribution in [0.4, 0.5) is 9.18 Å². The summed E-state index contributed by atoms with van der Waals surface area (Å²) in [5.41, 5.74) is 0.884. The number of rotatable bonds is 9. The number of carbonyl (C=O) groups excluding carboxylic acids is 2. The van der Waals surface area contributed by atoms with Gasteiger partial charge in [0.1, 0.15) is 23.5 Å². The van der Waals surface area contributed by atoms with Crippen LogP contribution in [-0.4, -0.2) is 76.2 Å². The zero-order valence-electron chi connectivity index (χ0n) is 24.7. The number of alkyl carbamates (subject to hydrolysis) is 1. The van der Waals surface area contributed by atoms with Crippen LogP contribution in [0.5, 0.6) is 0 Å². The average Bonchev–Trinajstić information content (AvgIpc) is 2.94. The number of amides is 2. The number of carbonyl (C=O) groups is 3. The molecule has 4 rings (SSSR count). The first kappa shape index (κ1) is 31.0. The molecule has 8 nitrogen and oxygen atoms in total. The van der Waals surface area contributed by atoms with Gasteiger partial charge >= 0.3 is 12.1 Å². The van der Waals surface area contributed by atoms with Crippen LogP contribution in [0.1, 0.15) is 45.2 Å².